The maximum Gasteiger partial charge on any atom is 0.138 e. The third-order valence-electron chi connectivity index (χ3n) is 5.26. The Morgan fingerprint density at radius 3 is 2.50 bits per heavy atom. The molecular formula is C23H27N5. The van der Waals surface area contributed by atoms with Gasteiger partial charge in [-0.15, -0.1) is 0 Å². The van der Waals surface area contributed by atoms with Gasteiger partial charge in [0.2, 0.25) is 0 Å². The highest BCUT2D eigenvalue weighted by Crippen LogP contribution is 2.34. The second-order valence-corrected chi connectivity index (χ2v) is 7.03. The number of anilines is 5. The minimum Gasteiger partial charge on any atom is -0.372 e. The average Bonchev–Trinajstić information content (AvgIpc) is 3.14. The molecule has 0 atom stereocenters. The average molecular weight is 374 g/mol. The van der Waals surface area contributed by atoms with E-state index in [2.05, 4.69) is 87.5 Å². The van der Waals surface area contributed by atoms with Crippen LogP contribution in [-0.4, -0.2) is 29.6 Å². The zero-order valence-corrected chi connectivity index (χ0v) is 16.8. The predicted molar refractivity (Wildman–Crippen MR) is 117 cm³/mol. The second kappa shape index (κ2) is 7.89. The number of hydrogen-bond donors (Lipinski definition) is 1. The van der Waals surface area contributed by atoms with Crippen LogP contribution in [-0.2, 0) is 6.42 Å². The Bertz CT molecular complexity index is 947. The zero-order chi connectivity index (χ0) is 19.5. The summed E-state index contributed by atoms with van der Waals surface area (Å²) in [6, 6.07) is 19.1. The summed E-state index contributed by atoms with van der Waals surface area (Å²) >= 11 is 0. The summed E-state index contributed by atoms with van der Waals surface area (Å²) in [5, 5.41) is 3.44. The molecule has 0 saturated heterocycles. The van der Waals surface area contributed by atoms with Gasteiger partial charge >= 0.3 is 0 Å². The predicted octanol–water partition coefficient (Wildman–Crippen LogP) is 5.07. The molecule has 0 amide bonds. The van der Waals surface area contributed by atoms with Gasteiger partial charge in [-0.05, 0) is 63.1 Å². The number of rotatable bonds is 6. The molecule has 2 aromatic carbocycles. The molecule has 1 aliphatic rings. The highest BCUT2D eigenvalue weighted by molar-refractivity contribution is 5.70. The summed E-state index contributed by atoms with van der Waals surface area (Å²) in [5.41, 5.74) is 4.89. The summed E-state index contributed by atoms with van der Waals surface area (Å²) in [7, 11) is 0. The van der Waals surface area contributed by atoms with Crippen LogP contribution in [0.5, 0.6) is 0 Å². The van der Waals surface area contributed by atoms with Crippen LogP contribution in [0.25, 0.3) is 0 Å². The Morgan fingerprint density at radius 2 is 1.75 bits per heavy atom. The molecule has 1 aromatic heterocycles. The first-order valence-electron chi connectivity index (χ1n) is 10.0. The first kappa shape index (κ1) is 18.3. The van der Waals surface area contributed by atoms with E-state index in [1.807, 2.05) is 13.0 Å². The largest absolute Gasteiger partial charge is 0.372 e. The molecule has 2 heterocycles. The van der Waals surface area contributed by atoms with E-state index in [9.17, 15) is 0 Å². The Hall–Kier alpha value is -3.08. The van der Waals surface area contributed by atoms with E-state index in [0.717, 1.165) is 49.2 Å². The van der Waals surface area contributed by atoms with E-state index >= 15 is 0 Å². The third kappa shape index (κ3) is 3.65. The van der Waals surface area contributed by atoms with E-state index in [1.165, 1.54) is 16.9 Å². The van der Waals surface area contributed by atoms with E-state index < -0.39 is 0 Å². The smallest absolute Gasteiger partial charge is 0.138 e. The molecule has 5 nitrogen and oxygen atoms in total. The minimum absolute atomic E-state index is 0.768. The lowest BCUT2D eigenvalue weighted by molar-refractivity contribution is 0.866. The normalized spacial score (nSPS) is 12.8. The Kier molecular flexibility index (Phi) is 5.15. The molecule has 0 aliphatic carbocycles. The molecule has 0 fully saturated rings. The molecule has 0 bridgehead atoms. The molecule has 3 aromatic rings. The maximum atomic E-state index is 4.68. The van der Waals surface area contributed by atoms with Crippen LogP contribution >= 0.6 is 0 Å². The quantitative estimate of drug-likeness (QED) is 0.653. The van der Waals surface area contributed by atoms with E-state index in [4.69, 9.17) is 0 Å². The molecule has 0 unspecified atom stereocenters. The Balaban J connectivity index is 1.57. The zero-order valence-electron chi connectivity index (χ0n) is 16.8. The van der Waals surface area contributed by atoms with Crippen LogP contribution in [0.3, 0.4) is 0 Å². The number of para-hydroxylation sites is 1. The van der Waals surface area contributed by atoms with Crippen LogP contribution < -0.4 is 15.1 Å². The van der Waals surface area contributed by atoms with Crippen LogP contribution in [0.4, 0.5) is 28.7 Å². The van der Waals surface area contributed by atoms with Crippen molar-refractivity contribution in [3.05, 3.63) is 66.0 Å². The lowest BCUT2D eigenvalue weighted by Gasteiger charge is -2.21. The van der Waals surface area contributed by atoms with Crippen LogP contribution in [0, 0.1) is 6.92 Å². The number of aryl methyl sites for hydroxylation is 1. The molecule has 1 N–H and O–H groups in total. The van der Waals surface area contributed by atoms with E-state index in [1.54, 1.807) is 0 Å². The van der Waals surface area contributed by atoms with Crippen molar-refractivity contribution in [1.82, 2.24) is 9.97 Å². The lowest BCUT2D eigenvalue weighted by Crippen LogP contribution is -2.21. The van der Waals surface area contributed by atoms with Crippen molar-refractivity contribution < 1.29 is 0 Å². The van der Waals surface area contributed by atoms with Gasteiger partial charge < -0.3 is 15.1 Å². The van der Waals surface area contributed by atoms with Gasteiger partial charge in [-0.3, -0.25) is 0 Å². The van der Waals surface area contributed by atoms with Gasteiger partial charge in [0.1, 0.15) is 17.5 Å². The molecule has 144 valence electrons. The monoisotopic (exact) mass is 373 g/mol. The summed E-state index contributed by atoms with van der Waals surface area (Å²) in [6.07, 6.45) is 1.05. The van der Waals surface area contributed by atoms with Crippen molar-refractivity contribution >= 4 is 28.7 Å². The van der Waals surface area contributed by atoms with Crippen molar-refractivity contribution in [2.45, 2.75) is 27.2 Å². The summed E-state index contributed by atoms with van der Waals surface area (Å²) in [4.78, 5) is 13.9. The van der Waals surface area contributed by atoms with E-state index in [0.29, 0.717) is 0 Å². The molecule has 0 spiro atoms. The lowest BCUT2D eigenvalue weighted by atomic mass is 10.2. The van der Waals surface area contributed by atoms with Gasteiger partial charge in [0.15, 0.2) is 0 Å². The van der Waals surface area contributed by atoms with Crippen LogP contribution in [0.2, 0.25) is 0 Å². The fraction of sp³-hybridized carbons (Fsp3) is 0.304. The molecule has 0 saturated carbocycles. The number of benzene rings is 2. The topological polar surface area (TPSA) is 44.3 Å². The molecule has 28 heavy (non-hydrogen) atoms. The van der Waals surface area contributed by atoms with Crippen molar-refractivity contribution in [2.24, 2.45) is 0 Å². The second-order valence-electron chi connectivity index (χ2n) is 7.03. The standard InChI is InChI=1S/C23H27N5/c1-4-27(5-2)20-12-10-19(11-13-20)26-22-16-23(25-17(3)24-22)28-15-14-18-8-6-7-9-21(18)28/h6-13,16H,4-5,14-15H2,1-3H3,(H,24,25,26). The third-order valence-corrected chi connectivity index (χ3v) is 5.26. The number of nitrogens with zero attached hydrogens (tertiary/aromatic N) is 4. The number of fused-ring (bicyclic) bond motifs is 1. The van der Waals surface area contributed by atoms with Crippen molar-refractivity contribution in [3.63, 3.8) is 0 Å². The fourth-order valence-electron chi connectivity index (χ4n) is 3.82. The number of aromatic nitrogens is 2. The van der Waals surface area contributed by atoms with Crippen LogP contribution in [0.1, 0.15) is 25.2 Å². The summed E-state index contributed by atoms with van der Waals surface area (Å²) in [5.74, 6) is 2.53. The van der Waals surface area contributed by atoms with Gasteiger partial charge in [0.25, 0.3) is 0 Å². The Morgan fingerprint density at radius 1 is 1.00 bits per heavy atom. The minimum atomic E-state index is 0.768. The Labute approximate surface area is 167 Å². The summed E-state index contributed by atoms with van der Waals surface area (Å²) in [6.45, 7) is 9.27. The van der Waals surface area contributed by atoms with Gasteiger partial charge in [-0.1, -0.05) is 18.2 Å². The molecule has 4 rings (SSSR count). The number of nitrogens with one attached hydrogen (secondary N) is 1. The van der Waals surface area contributed by atoms with Crippen molar-refractivity contribution in [2.75, 3.05) is 34.8 Å². The fourth-order valence-corrected chi connectivity index (χ4v) is 3.82. The summed E-state index contributed by atoms with van der Waals surface area (Å²) < 4.78 is 0. The maximum absolute atomic E-state index is 4.68. The molecule has 5 heteroatoms. The molecular weight excluding hydrogens is 346 g/mol. The first-order chi connectivity index (χ1) is 13.7. The highest BCUT2D eigenvalue weighted by atomic mass is 15.2. The molecule has 0 radical (unpaired) electrons. The van der Waals surface area contributed by atoms with Gasteiger partial charge in [0.05, 0.1) is 0 Å². The number of hydrogen-bond acceptors (Lipinski definition) is 5. The van der Waals surface area contributed by atoms with Gasteiger partial charge in [0, 0.05) is 42.8 Å². The van der Waals surface area contributed by atoms with Crippen molar-refractivity contribution in [3.8, 4) is 0 Å². The van der Waals surface area contributed by atoms with Gasteiger partial charge in [-0.2, -0.15) is 0 Å². The van der Waals surface area contributed by atoms with E-state index in [-0.39, 0.29) is 0 Å². The SMILES string of the molecule is CCN(CC)c1ccc(Nc2cc(N3CCc4ccccc43)nc(C)n2)cc1. The first-order valence-corrected chi connectivity index (χ1v) is 10.0. The molecule has 1 aliphatic heterocycles. The van der Waals surface area contributed by atoms with Crippen LogP contribution in [0.15, 0.2) is 54.6 Å². The highest BCUT2D eigenvalue weighted by Gasteiger charge is 2.21. The van der Waals surface area contributed by atoms with Gasteiger partial charge in [-0.25, -0.2) is 9.97 Å². The van der Waals surface area contributed by atoms with Crippen molar-refractivity contribution in [1.29, 1.82) is 0 Å².